The summed E-state index contributed by atoms with van der Waals surface area (Å²) in [6.45, 7) is 4.78. The third-order valence-corrected chi connectivity index (χ3v) is 4.19. The van der Waals surface area contributed by atoms with Gasteiger partial charge in [0.15, 0.2) is 9.84 Å². The Bertz CT molecular complexity index is 527. The lowest BCUT2D eigenvalue weighted by atomic mass is 10.1. The van der Waals surface area contributed by atoms with Crippen molar-refractivity contribution in [2.45, 2.75) is 31.2 Å². The van der Waals surface area contributed by atoms with Gasteiger partial charge in [-0.3, -0.25) is 4.79 Å². The Kier molecular flexibility index (Phi) is 4.13. The van der Waals surface area contributed by atoms with Crippen molar-refractivity contribution >= 4 is 21.4 Å². The van der Waals surface area contributed by atoms with Gasteiger partial charge in [0.05, 0.1) is 16.2 Å². The summed E-state index contributed by atoms with van der Waals surface area (Å²) in [6.07, 6.45) is 0. The molecule has 5 nitrogen and oxygen atoms in total. The highest BCUT2D eigenvalue weighted by Crippen LogP contribution is 2.16. The van der Waals surface area contributed by atoms with E-state index in [4.69, 9.17) is 5.73 Å². The molecule has 6 heteroatoms. The average Bonchev–Trinajstić information content (AvgIpc) is 2.28. The van der Waals surface area contributed by atoms with Crippen LogP contribution in [0.1, 0.15) is 20.8 Å². The van der Waals surface area contributed by atoms with E-state index in [9.17, 15) is 13.2 Å². The number of benzene rings is 1. The first-order chi connectivity index (χ1) is 8.16. The van der Waals surface area contributed by atoms with Crippen LogP contribution in [0.4, 0.5) is 5.69 Å². The highest BCUT2D eigenvalue weighted by molar-refractivity contribution is 7.91. The van der Waals surface area contributed by atoms with Crippen LogP contribution in [0.5, 0.6) is 0 Å². The largest absolute Gasteiger partial charge is 0.325 e. The van der Waals surface area contributed by atoms with E-state index in [-0.39, 0.29) is 16.6 Å². The highest BCUT2D eigenvalue weighted by Gasteiger charge is 2.21. The number of amides is 1. The number of hydrogen-bond donors (Lipinski definition) is 2. The maximum absolute atomic E-state index is 11.6. The number of sulfone groups is 1. The highest BCUT2D eigenvalue weighted by atomic mass is 32.2. The van der Waals surface area contributed by atoms with Crippen molar-refractivity contribution in [3.63, 3.8) is 0 Å². The molecule has 1 aromatic rings. The van der Waals surface area contributed by atoms with Crippen LogP contribution < -0.4 is 11.1 Å². The molecule has 0 radical (unpaired) electrons. The monoisotopic (exact) mass is 270 g/mol. The Hall–Kier alpha value is -1.40. The number of anilines is 1. The van der Waals surface area contributed by atoms with Crippen LogP contribution in [0.2, 0.25) is 0 Å². The molecule has 0 unspecified atom stereocenters. The van der Waals surface area contributed by atoms with Crippen LogP contribution in [0.3, 0.4) is 0 Å². The lowest BCUT2D eigenvalue weighted by Gasteiger charge is -2.17. The van der Waals surface area contributed by atoms with E-state index in [1.54, 1.807) is 32.9 Å². The van der Waals surface area contributed by atoms with Gasteiger partial charge >= 0.3 is 0 Å². The number of carbonyl (C=O) groups is 1. The first kappa shape index (κ1) is 14.7. The maximum Gasteiger partial charge on any atom is 0.243 e. The Morgan fingerprint density at radius 2 is 1.78 bits per heavy atom. The van der Waals surface area contributed by atoms with Crippen LogP contribution >= 0.6 is 0 Å². The number of nitrogens with one attached hydrogen (secondary N) is 1. The van der Waals surface area contributed by atoms with E-state index < -0.39 is 15.4 Å². The molecule has 0 aliphatic carbocycles. The van der Waals surface area contributed by atoms with Crippen molar-refractivity contribution in [1.29, 1.82) is 0 Å². The molecule has 0 aromatic heterocycles. The molecule has 0 spiro atoms. The summed E-state index contributed by atoms with van der Waals surface area (Å²) in [5.41, 5.74) is 5.18. The van der Waals surface area contributed by atoms with Gasteiger partial charge in [0.2, 0.25) is 5.91 Å². The van der Waals surface area contributed by atoms with Gasteiger partial charge in [0.25, 0.3) is 0 Å². The van der Waals surface area contributed by atoms with Gasteiger partial charge in [0, 0.05) is 5.69 Å². The molecule has 1 amide bonds. The van der Waals surface area contributed by atoms with Crippen LogP contribution in [0.25, 0.3) is 0 Å². The summed E-state index contributed by atoms with van der Waals surface area (Å²) >= 11 is 0. The zero-order valence-electron chi connectivity index (χ0n) is 10.7. The molecule has 100 valence electrons. The minimum Gasteiger partial charge on any atom is -0.325 e. The Morgan fingerprint density at radius 1 is 1.28 bits per heavy atom. The number of hydrogen-bond acceptors (Lipinski definition) is 4. The van der Waals surface area contributed by atoms with Gasteiger partial charge in [-0.15, -0.1) is 0 Å². The van der Waals surface area contributed by atoms with Gasteiger partial charge < -0.3 is 11.1 Å². The van der Waals surface area contributed by atoms with Gasteiger partial charge in [-0.1, -0.05) is 6.92 Å². The second-order valence-electron chi connectivity index (χ2n) is 4.60. The summed E-state index contributed by atoms with van der Waals surface area (Å²) in [7, 11) is -3.21. The Balaban J connectivity index is 2.89. The van der Waals surface area contributed by atoms with Gasteiger partial charge in [-0.2, -0.15) is 0 Å². The molecule has 0 aliphatic heterocycles. The molecule has 3 N–H and O–H groups in total. The fourth-order valence-electron chi connectivity index (χ4n) is 1.20. The van der Waals surface area contributed by atoms with Crippen LogP contribution in [0.15, 0.2) is 29.2 Å². The van der Waals surface area contributed by atoms with Crippen LogP contribution in [-0.2, 0) is 14.6 Å². The minimum absolute atomic E-state index is 0.0501. The predicted octanol–water partition coefficient (Wildman–Crippen LogP) is 1.16. The molecule has 18 heavy (non-hydrogen) atoms. The standard InChI is InChI=1S/C12H18N2O3S/c1-4-18(16,17)10-7-5-9(6-8-10)14-11(15)12(2,3)13/h5-8H,4,13H2,1-3H3,(H,14,15). The summed E-state index contributed by atoms with van der Waals surface area (Å²) in [6, 6.07) is 6.04. The number of nitrogens with two attached hydrogens (primary N) is 1. The van der Waals surface area contributed by atoms with Crippen molar-refractivity contribution < 1.29 is 13.2 Å². The SMILES string of the molecule is CCS(=O)(=O)c1ccc(NC(=O)C(C)(C)N)cc1. The molecule has 0 bridgehead atoms. The Labute approximate surface area is 107 Å². The second kappa shape index (κ2) is 5.07. The normalized spacial score (nSPS) is 12.2. The van der Waals surface area contributed by atoms with E-state index in [2.05, 4.69) is 5.32 Å². The van der Waals surface area contributed by atoms with E-state index in [0.29, 0.717) is 5.69 Å². The topological polar surface area (TPSA) is 89.3 Å². The number of carbonyl (C=O) groups excluding carboxylic acids is 1. The first-order valence-electron chi connectivity index (χ1n) is 5.60. The van der Waals surface area contributed by atoms with E-state index in [1.807, 2.05) is 0 Å². The number of rotatable bonds is 4. The van der Waals surface area contributed by atoms with E-state index in [0.717, 1.165) is 0 Å². The van der Waals surface area contributed by atoms with Crippen LogP contribution in [0, 0.1) is 0 Å². The molecule has 0 aliphatic rings. The van der Waals surface area contributed by atoms with E-state index in [1.165, 1.54) is 12.1 Å². The van der Waals surface area contributed by atoms with Crippen molar-refractivity contribution in [3.05, 3.63) is 24.3 Å². The smallest absolute Gasteiger partial charge is 0.243 e. The fraction of sp³-hybridized carbons (Fsp3) is 0.417. The van der Waals surface area contributed by atoms with Crippen molar-refractivity contribution in [2.75, 3.05) is 11.1 Å². The van der Waals surface area contributed by atoms with Gasteiger partial charge in [0.1, 0.15) is 0 Å². The average molecular weight is 270 g/mol. The van der Waals surface area contributed by atoms with Crippen molar-refractivity contribution in [1.82, 2.24) is 0 Å². The Morgan fingerprint density at radius 3 is 2.17 bits per heavy atom. The summed E-state index contributed by atoms with van der Waals surface area (Å²) in [5.74, 6) is -0.275. The molecule has 0 saturated carbocycles. The molecular weight excluding hydrogens is 252 g/mol. The zero-order chi connectivity index (χ0) is 14.0. The molecule has 0 atom stereocenters. The summed E-state index contributed by atoms with van der Waals surface area (Å²) in [4.78, 5) is 11.9. The molecule has 0 saturated heterocycles. The molecular formula is C12H18N2O3S. The molecule has 0 heterocycles. The zero-order valence-corrected chi connectivity index (χ0v) is 11.5. The van der Waals surface area contributed by atoms with E-state index >= 15 is 0 Å². The summed E-state index contributed by atoms with van der Waals surface area (Å²) < 4.78 is 23.2. The van der Waals surface area contributed by atoms with Crippen LogP contribution in [-0.4, -0.2) is 25.6 Å². The van der Waals surface area contributed by atoms with Gasteiger partial charge in [-0.05, 0) is 38.1 Å². The minimum atomic E-state index is -3.21. The van der Waals surface area contributed by atoms with Gasteiger partial charge in [-0.25, -0.2) is 8.42 Å². The lowest BCUT2D eigenvalue weighted by molar-refractivity contribution is -0.120. The first-order valence-corrected chi connectivity index (χ1v) is 7.25. The lowest BCUT2D eigenvalue weighted by Crippen LogP contribution is -2.45. The molecule has 0 fully saturated rings. The quantitative estimate of drug-likeness (QED) is 0.859. The second-order valence-corrected chi connectivity index (χ2v) is 6.88. The third-order valence-electron chi connectivity index (χ3n) is 2.44. The molecule has 1 aromatic carbocycles. The van der Waals surface area contributed by atoms with Crippen molar-refractivity contribution in [3.8, 4) is 0 Å². The van der Waals surface area contributed by atoms with Crippen molar-refractivity contribution in [2.24, 2.45) is 5.73 Å². The summed E-state index contributed by atoms with van der Waals surface area (Å²) in [5, 5.41) is 2.62. The third kappa shape index (κ3) is 3.54. The predicted molar refractivity (Wildman–Crippen MR) is 71.1 cm³/mol. The maximum atomic E-state index is 11.6. The molecule has 1 rings (SSSR count). The fourth-order valence-corrected chi connectivity index (χ4v) is 2.09.